The van der Waals surface area contributed by atoms with E-state index in [0.717, 1.165) is 34.4 Å². The van der Waals surface area contributed by atoms with Crippen molar-refractivity contribution in [2.45, 2.75) is 6.18 Å². The van der Waals surface area contributed by atoms with Gasteiger partial charge in [0.05, 0.1) is 33.4 Å². The average Bonchev–Trinajstić information content (AvgIpc) is 3.68. The molecule has 0 aliphatic carbocycles. The number of aromatic nitrogens is 8. The summed E-state index contributed by atoms with van der Waals surface area (Å²) in [5.41, 5.74) is 3.85. The molecule has 10 aromatic carbocycles. The van der Waals surface area contributed by atoms with Crippen molar-refractivity contribution < 1.29 is 22.0 Å². The van der Waals surface area contributed by atoms with Gasteiger partial charge in [0.2, 0.25) is 0 Å². The molecule has 0 aliphatic heterocycles. The largest absolute Gasteiger partial charge is 0.420 e. The topological polar surface area (TPSA) is 87.2 Å². The first kappa shape index (κ1) is 47.9. The molecule has 0 saturated heterocycles. The summed E-state index contributed by atoms with van der Waals surface area (Å²) in [6.45, 7) is 0. The van der Waals surface area contributed by atoms with E-state index < -0.39 is 23.4 Å². The van der Waals surface area contributed by atoms with Crippen LogP contribution in [0, 0.1) is 11.6 Å². The van der Waals surface area contributed by atoms with Crippen molar-refractivity contribution >= 4 is 43.6 Å². The van der Waals surface area contributed by atoms with E-state index in [1.165, 1.54) is 12.1 Å². The predicted octanol–water partition coefficient (Wildman–Crippen LogP) is 17.2. The highest BCUT2D eigenvalue weighted by Crippen LogP contribution is 2.48. The molecule has 0 radical (unpaired) electrons. The zero-order valence-electron chi connectivity index (χ0n) is 42.0. The summed E-state index contributed by atoms with van der Waals surface area (Å²) in [4.78, 5) is 29.6. The number of benzene rings is 10. The minimum absolute atomic E-state index is 0.0704. The van der Waals surface area contributed by atoms with Gasteiger partial charge in [-0.15, -0.1) is 0 Å². The molecule has 0 atom stereocenters. The first-order chi connectivity index (χ1) is 39.1. The van der Waals surface area contributed by atoms with E-state index in [4.69, 9.17) is 29.9 Å². The van der Waals surface area contributed by atoms with Gasteiger partial charge in [0.1, 0.15) is 17.2 Å². The summed E-state index contributed by atoms with van der Waals surface area (Å²) >= 11 is 0. The van der Waals surface area contributed by atoms with E-state index in [1.807, 2.05) is 170 Å². The molecule has 4 aromatic heterocycles. The van der Waals surface area contributed by atoms with Gasteiger partial charge in [0.25, 0.3) is 0 Å². The molecular weight excluding hydrogens is 1010 g/mol. The van der Waals surface area contributed by atoms with E-state index in [-0.39, 0.29) is 28.3 Å². The predicted molar refractivity (Wildman–Crippen MR) is 305 cm³/mol. The van der Waals surface area contributed by atoms with Crippen LogP contribution in [0.4, 0.5) is 22.0 Å². The van der Waals surface area contributed by atoms with Crippen molar-refractivity contribution in [3.05, 3.63) is 254 Å². The van der Waals surface area contributed by atoms with Crippen LogP contribution in [0.15, 0.2) is 237 Å². The first-order valence-corrected chi connectivity index (χ1v) is 25.6. The van der Waals surface area contributed by atoms with Crippen LogP contribution in [0.1, 0.15) is 5.56 Å². The van der Waals surface area contributed by atoms with Crippen molar-refractivity contribution in [3.63, 3.8) is 0 Å². The third-order valence-electron chi connectivity index (χ3n) is 14.3. The molecule has 0 spiro atoms. The third kappa shape index (κ3) is 8.39. The van der Waals surface area contributed by atoms with E-state index in [1.54, 1.807) is 45.5 Å². The van der Waals surface area contributed by atoms with Crippen molar-refractivity contribution in [1.29, 1.82) is 0 Å². The van der Waals surface area contributed by atoms with Gasteiger partial charge < -0.3 is 9.13 Å². The quantitative estimate of drug-likeness (QED) is 0.134. The van der Waals surface area contributed by atoms with Gasteiger partial charge in [-0.05, 0) is 48.0 Å². The number of nitrogens with zero attached hydrogens (tertiary/aromatic N) is 8. The molecule has 382 valence electrons. The second kappa shape index (κ2) is 19.2. The minimum atomic E-state index is -5.11. The van der Waals surface area contributed by atoms with E-state index in [2.05, 4.69) is 0 Å². The minimum Gasteiger partial charge on any atom is -0.309 e. The lowest BCUT2D eigenvalue weighted by Crippen LogP contribution is -2.17. The summed E-state index contributed by atoms with van der Waals surface area (Å²) in [7, 11) is 0. The number of para-hydroxylation sites is 2. The van der Waals surface area contributed by atoms with Gasteiger partial charge in [-0.3, -0.25) is 0 Å². The Labute approximate surface area is 453 Å². The number of fused-ring (bicyclic) bond motifs is 6. The maximum atomic E-state index is 17.2. The zero-order chi connectivity index (χ0) is 54.1. The highest BCUT2D eigenvalue weighted by atomic mass is 19.4. The molecule has 0 fully saturated rings. The fourth-order valence-electron chi connectivity index (χ4n) is 10.8. The van der Waals surface area contributed by atoms with Crippen molar-refractivity contribution in [1.82, 2.24) is 39.0 Å². The summed E-state index contributed by atoms with van der Waals surface area (Å²) in [6, 6.07) is 69.1. The summed E-state index contributed by atoms with van der Waals surface area (Å²) < 4.78 is 85.9. The molecule has 0 bridgehead atoms. The molecular formula is C67H39F5N8. The molecule has 8 nitrogen and oxygen atoms in total. The maximum absolute atomic E-state index is 17.2. The van der Waals surface area contributed by atoms with E-state index >= 15 is 22.0 Å². The van der Waals surface area contributed by atoms with Crippen molar-refractivity contribution in [2.75, 3.05) is 0 Å². The van der Waals surface area contributed by atoms with Gasteiger partial charge >= 0.3 is 6.18 Å². The van der Waals surface area contributed by atoms with Gasteiger partial charge in [-0.25, -0.2) is 38.7 Å². The lowest BCUT2D eigenvalue weighted by atomic mass is 9.96. The standard InChI is InChI=1S/C67H39F5N8/c68-47-35-46(36-48(69)39-47)49-33-34-56(79-54-27-15-13-25-50(54)52-31-29-44(37-57(52)79)65-75-61(40-17-5-1-6-18-40)73-62(76-65)41-19-7-2-8-20-41)59(67(70,71)72)60(49)80-55-28-16-14-26-51(55)53-32-30-45(38-58(53)80)66-77-63(42-21-9-3-10-22-42)74-64(78-66)43-23-11-4-12-24-43/h1-39H. The Kier molecular flexibility index (Phi) is 11.5. The van der Waals surface area contributed by atoms with E-state index in [9.17, 15) is 0 Å². The Balaban J connectivity index is 1.06. The molecule has 4 heterocycles. The Morgan fingerprint density at radius 2 is 0.637 bits per heavy atom. The fraction of sp³-hybridized carbons (Fsp3) is 0.0149. The van der Waals surface area contributed by atoms with Crippen LogP contribution in [0.3, 0.4) is 0 Å². The molecule has 0 unspecified atom stereocenters. The molecule has 0 N–H and O–H groups in total. The number of hydrogen-bond acceptors (Lipinski definition) is 6. The van der Waals surface area contributed by atoms with Gasteiger partial charge in [-0.1, -0.05) is 188 Å². The van der Waals surface area contributed by atoms with Crippen LogP contribution in [-0.2, 0) is 6.18 Å². The van der Waals surface area contributed by atoms with Gasteiger partial charge in [0, 0.05) is 66.6 Å². The Hall–Kier alpha value is -10.5. The fourth-order valence-corrected chi connectivity index (χ4v) is 10.8. The van der Waals surface area contributed by atoms with Gasteiger partial charge in [0.15, 0.2) is 34.9 Å². The molecule has 0 saturated carbocycles. The summed E-state index contributed by atoms with van der Waals surface area (Å²) in [5, 5.41) is 2.61. The van der Waals surface area contributed by atoms with Crippen molar-refractivity contribution in [3.8, 4) is 90.8 Å². The molecule has 14 aromatic rings. The van der Waals surface area contributed by atoms with Crippen molar-refractivity contribution in [2.24, 2.45) is 0 Å². The van der Waals surface area contributed by atoms with Crippen LogP contribution in [0.2, 0.25) is 0 Å². The SMILES string of the molecule is Fc1cc(F)cc(-c2ccc(-n3c4ccccc4c4ccc(-c5nc(-c6ccccc6)nc(-c6ccccc6)n5)cc43)c(C(F)(F)F)c2-n2c3ccccc3c3ccc(-c4nc(-c5ccccc5)nc(-c5ccccc5)n4)cc32)c1. The molecule has 80 heavy (non-hydrogen) atoms. The van der Waals surface area contributed by atoms with Crippen LogP contribution in [0.5, 0.6) is 0 Å². The molecule has 13 heteroatoms. The normalized spacial score (nSPS) is 11.8. The molecule has 0 amide bonds. The molecule has 14 rings (SSSR count). The number of halogens is 5. The highest BCUT2D eigenvalue weighted by molar-refractivity contribution is 6.12. The molecule has 0 aliphatic rings. The lowest BCUT2D eigenvalue weighted by Gasteiger charge is -2.24. The van der Waals surface area contributed by atoms with Crippen LogP contribution < -0.4 is 0 Å². The summed E-state index contributed by atoms with van der Waals surface area (Å²) in [6.07, 6.45) is -5.11. The van der Waals surface area contributed by atoms with Gasteiger partial charge in [-0.2, -0.15) is 13.2 Å². The second-order valence-corrected chi connectivity index (χ2v) is 19.3. The summed E-state index contributed by atoms with van der Waals surface area (Å²) in [5.74, 6) is 0.313. The Bertz CT molecular complexity index is 4580. The number of rotatable bonds is 9. The van der Waals surface area contributed by atoms with Crippen LogP contribution in [-0.4, -0.2) is 39.0 Å². The monoisotopic (exact) mass is 1050 g/mol. The Morgan fingerprint density at radius 3 is 1.05 bits per heavy atom. The smallest absolute Gasteiger partial charge is 0.309 e. The number of hydrogen-bond donors (Lipinski definition) is 0. The highest BCUT2D eigenvalue weighted by Gasteiger charge is 2.41. The Morgan fingerprint density at radius 1 is 0.287 bits per heavy atom. The second-order valence-electron chi connectivity index (χ2n) is 19.3. The third-order valence-corrected chi connectivity index (χ3v) is 14.3. The zero-order valence-corrected chi connectivity index (χ0v) is 42.0. The maximum Gasteiger partial charge on any atom is 0.420 e. The number of alkyl halides is 3. The van der Waals surface area contributed by atoms with Crippen LogP contribution in [0.25, 0.3) is 134 Å². The first-order valence-electron chi connectivity index (χ1n) is 25.6. The van der Waals surface area contributed by atoms with E-state index in [0.29, 0.717) is 89.9 Å². The lowest BCUT2D eigenvalue weighted by molar-refractivity contribution is -0.137. The van der Waals surface area contributed by atoms with Crippen LogP contribution >= 0.6 is 0 Å². The average molecular weight is 1050 g/mol.